The molecule has 0 radical (unpaired) electrons. The predicted octanol–water partition coefficient (Wildman–Crippen LogP) is 3.52. The van der Waals surface area contributed by atoms with E-state index in [1.54, 1.807) is 6.26 Å². The molecule has 0 unspecified atom stereocenters. The van der Waals surface area contributed by atoms with Gasteiger partial charge in [-0.15, -0.1) is 5.10 Å². The molecule has 1 fully saturated rings. The van der Waals surface area contributed by atoms with E-state index in [1.807, 2.05) is 40.9 Å². The average molecular weight is 333 g/mol. The molecule has 0 saturated carbocycles. The zero-order valence-corrected chi connectivity index (χ0v) is 13.9. The van der Waals surface area contributed by atoms with Crippen molar-refractivity contribution in [3.05, 3.63) is 48.5 Å². The van der Waals surface area contributed by atoms with Gasteiger partial charge in [-0.2, -0.15) is 4.52 Å². The van der Waals surface area contributed by atoms with E-state index < -0.39 is 0 Å². The fraction of sp³-hybridized carbons (Fsp3) is 0.316. The molecule has 1 aliphatic heterocycles. The van der Waals surface area contributed by atoms with Crippen LogP contribution in [0, 0.1) is 0 Å². The molecule has 3 aromatic heterocycles. The Labute approximate surface area is 145 Å². The molecule has 0 N–H and O–H groups in total. The van der Waals surface area contributed by atoms with Crippen molar-refractivity contribution < 1.29 is 4.42 Å². The smallest absolute Gasteiger partial charge is 0.217 e. The van der Waals surface area contributed by atoms with E-state index in [-0.39, 0.29) is 0 Å². The van der Waals surface area contributed by atoms with E-state index in [0.29, 0.717) is 11.6 Å². The number of likely N-dealkylation sites (tertiary alicyclic amines) is 1. The van der Waals surface area contributed by atoms with Gasteiger partial charge in [0.1, 0.15) is 5.82 Å². The maximum atomic E-state index is 5.48. The van der Waals surface area contributed by atoms with E-state index in [2.05, 4.69) is 4.90 Å². The number of benzene rings is 1. The molecule has 0 amide bonds. The molecule has 6 heteroatoms. The third-order valence-corrected chi connectivity index (χ3v) is 4.80. The molecule has 6 nitrogen and oxygen atoms in total. The Morgan fingerprint density at radius 3 is 2.68 bits per heavy atom. The third kappa shape index (κ3) is 2.59. The molecule has 5 rings (SSSR count). The number of furan rings is 1. The van der Waals surface area contributed by atoms with Gasteiger partial charge in [0.05, 0.1) is 18.3 Å². The summed E-state index contributed by atoms with van der Waals surface area (Å²) in [4.78, 5) is 12.1. The first-order valence-corrected chi connectivity index (χ1v) is 8.79. The van der Waals surface area contributed by atoms with Crippen molar-refractivity contribution in [1.29, 1.82) is 0 Å². The molecule has 0 atom stereocenters. The minimum absolute atomic E-state index is 0.600. The highest BCUT2D eigenvalue weighted by Gasteiger charge is 2.18. The zero-order chi connectivity index (χ0) is 16.6. The highest BCUT2D eigenvalue weighted by Crippen LogP contribution is 2.23. The van der Waals surface area contributed by atoms with Crippen LogP contribution in [0.15, 0.2) is 47.1 Å². The van der Waals surface area contributed by atoms with Crippen LogP contribution < -0.4 is 0 Å². The summed E-state index contributed by atoms with van der Waals surface area (Å²) in [5.41, 5.74) is 1.80. The fourth-order valence-corrected chi connectivity index (χ4v) is 3.54. The van der Waals surface area contributed by atoms with Crippen molar-refractivity contribution in [2.45, 2.75) is 25.8 Å². The van der Waals surface area contributed by atoms with Gasteiger partial charge < -0.3 is 4.42 Å². The number of aromatic nitrogens is 4. The second kappa shape index (κ2) is 5.97. The quantitative estimate of drug-likeness (QED) is 0.574. The van der Waals surface area contributed by atoms with Gasteiger partial charge in [0.15, 0.2) is 11.4 Å². The van der Waals surface area contributed by atoms with Crippen LogP contribution in [0.2, 0.25) is 0 Å². The molecule has 4 aromatic rings. The number of fused-ring (bicyclic) bond motifs is 3. The lowest BCUT2D eigenvalue weighted by Crippen LogP contribution is -2.30. The summed E-state index contributed by atoms with van der Waals surface area (Å²) >= 11 is 0. The molecule has 1 aromatic carbocycles. The van der Waals surface area contributed by atoms with E-state index >= 15 is 0 Å². The number of hydrogen-bond acceptors (Lipinski definition) is 5. The Bertz CT molecular complexity index is 1020. The van der Waals surface area contributed by atoms with Gasteiger partial charge in [-0.25, -0.2) is 9.97 Å². The van der Waals surface area contributed by atoms with Crippen molar-refractivity contribution in [1.82, 2.24) is 24.5 Å². The molecule has 1 aliphatic rings. The normalized spacial score (nSPS) is 16.0. The summed E-state index contributed by atoms with van der Waals surface area (Å²) in [5, 5.41) is 5.70. The summed E-state index contributed by atoms with van der Waals surface area (Å²) < 4.78 is 7.37. The van der Waals surface area contributed by atoms with Crippen LogP contribution in [0.1, 0.15) is 25.1 Å². The van der Waals surface area contributed by atoms with Gasteiger partial charge in [-0.05, 0) is 50.2 Å². The van der Waals surface area contributed by atoms with Gasteiger partial charge >= 0.3 is 0 Å². The highest BCUT2D eigenvalue weighted by molar-refractivity contribution is 5.91. The first-order valence-electron chi connectivity index (χ1n) is 8.79. The van der Waals surface area contributed by atoms with E-state index in [0.717, 1.165) is 42.0 Å². The number of piperidine rings is 1. The Morgan fingerprint density at radius 2 is 1.84 bits per heavy atom. The Hall–Kier alpha value is -2.73. The van der Waals surface area contributed by atoms with Crippen LogP contribution in [0.4, 0.5) is 0 Å². The van der Waals surface area contributed by atoms with Crippen LogP contribution in [0.3, 0.4) is 0 Å². The largest absolute Gasteiger partial charge is 0.461 e. The molecule has 4 heterocycles. The van der Waals surface area contributed by atoms with Crippen LogP contribution in [0.25, 0.3) is 28.1 Å². The lowest BCUT2D eigenvalue weighted by atomic mass is 10.1. The Balaban J connectivity index is 1.68. The summed E-state index contributed by atoms with van der Waals surface area (Å²) in [6.07, 6.45) is 5.48. The third-order valence-electron chi connectivity index (χ3n) is 4.80. The molecule has 1 saturated heterocycles. The number of rotatable bonds is 3. The van der Waals surface area contributed by atoms with Crippen LogP contribution in [-0.2, 0) is 6.54 Å². The van der Waals surface area contributed by atoms with E-state index in [9.17, 15) is 0 Å². The monoisotopic (exact) mass is 333 g/mol. The van der Waals surface area contributed by atoms with Gasteiger partial charge in [0, 0.05) is 5.39 Å². The van der Waals surface area contributed by atoms with Crippen molar-refractivity contribution in [3.8, 4) is 11.6 Å². The summed E-state index contributed by atoms with van der Waals surface area (Å²) in [6, 6.07) is 11.8. The van der Waals surface area contributed by atoms with Gasteiger partial charge in [-0.1, -0.05) is 18.6 Å². The number of para-hydroxylation sites is 1. The van der Waals surface area contributed by atoms with Crippen molar-refractivity contribution in [2.75, 3.05) is 13.1 Å². The van der Waals surface area contributed by atoms with Crippen molar-refractivity contribution >= 4 is 16.6 Å². The van der Waals surface area contributed by atoms with Crippen LogP contribution >= 0.6 is 0 Å². The maximum Gasteiger partial charge on any atom is 0.217 e. The van der Waals surface area contributed by atoms with Gasteiger partial charge in [0.2, 0.25) is 5.82 Å². The van der Waals surface area contributed by atoms with Crippen molar-refractivity contribution in [2.24, 2.45) is 0 Å². The molecular weight excluding hydrogens is 314 g/mol. The first kappa shape index (κ1) is 14.6. The first-order chi connectivity index (χ1) is 12.4. The lowest BCUT2D eigenvalue weighted by Gasteiger charge is -2.26. The molecule has 0 spiro atoms. The molecular formula is C19H19N5O. The molecule has 126 valence electrons. The minimum atomic E-state index is 0.600. The van der Waals surface area contributed by atoms with Gasteiger partial charge in [0.25, 0.3) is 0 Å². The molecule has 25 heavy (non-hydrogen) atoms. The summed E-state index contributed by atoms with van der Waals surface area (Å²) in [6.45, 7) is 3.04. The zero-order valence-electron chi connectivity index (χ0n) is 13.9. The number of nitrogens with zero attached hydrogens (tertiary/aromatic N) is 5. The minimum Gasteiger partial charge on any atom is -0.461 e. The lowest BCUT2D eigenvalue weighted by molar-refractivity contribution is 0.214. The Morgan fingerprint density at radius 1 is 0.960 bits per heavy atom. The second-order valence-electron chi connectivity index (χ2n) is 6.53. The SMILES string of the molecule is c1coc(-c2nc3c4ccccc4nc(CN4CCCCC4)n3n2)c1. The Kier molecular flexibility index (Phi) is 3.48. The molecule has 0 aliphatic carbocycles. The second-order valence-corrected chi connectivity index (χ2v) is 6.53. The van der Waals surface area contributed by atoms with Gasteiger partial charge in [-0.3, -0.25) is 4.90 Å². The maximum absolute atomic E-state index is 5.48. The van der Waals surface area contributed by atoms with Crippen LogP contribution in [-0.4, -0.2) is 37.6 Å². The molecule has 0 bridgehead atoms. The topological polar surface area (TPSA) is 59.5 Å². The van der Waals surface area contributed by atoms with Crippen LogP contribution in [0.5, 0.6) is 0 Å². The summed E-state index contributed by atoms with van der Waals surface area (Å²) in [7, 11) is 0. The fourth-order valence-electron chi connectivity index (χ4n) is 3.54. The number of hydrogen-bond donors (Lipinski definition) is 0. The van der Waals surface area contributed by atoms with E-state index in [1.165, 1.54) is 19.3 Å². The van der Waals surface area contributed by atoms with Crippen molar-refractivity contribution in [3.63, 3.8) is 0 Å². The highest BCUT2D eigenvalue weighted by atomic mass is 16.3. The van der Waals surface area contributed by atoms with E-state index in [4.69, 9.17) is 19.5 Å². The average Bonchev–Trinajstić information content (AvgIpc) is 3.32. The summed E-state index contributed by atoms with van der Waals surface area (Å²) in [5.74, 6) is 2.21. The predicted molar refractivity (Wildman–Crippen MR) is 95.1 cm³/mol. The standard InChI is InChI=1S/C19H19N5O/c1-4-10-23(11-5-1)13-17-20-15-8-3-2-7-14(15)19-21-18(22-24(17)19)16-9-6-12-25-16/h2-3,6-9,12H,1,4-5,10-11,13H2.